The Labute approximate surface area is 99.0 Å². The van der Waals surface area contributed by atoms with Crippen molar-refractivity contribution in [3.8, 4) is 0 Å². The van der Waals surface area contributed by atoms with Gasteiger partial charge >= 0.3 is 0 Å². The molecule has 0 aliphatic heterocycles. The van der Waals surface area contributed by atoms with Crippen molar-refractivity contribution in [2.45, 2.75) is 32.1 Å². The van der Waals surface area contributed by atoms with Crippen LogP contribution in [0.15, 0.2) is 28.7 Å². The summed E-state index contributed by atoms with van der Waals surface area (Å²) in [5.74, 6) is 0.740. The zero-order chi connectivity index (χ0) is 10.7. The van der Waals surface area contributed by atoms with E-state index < -0.39 is 0 Å². The highest BCUT2D eigenvalue weighted by molar-refractivity contribution is 9.10. The van der Waals surface area contributed by atoms with E-state index in [0.29, 0.717) is 5.78 Å². The summed E-state index contributed by atoms with van der Waals surface area (Å²) in [6, 6.07) is 8.29. The summed E-state index contributed by atoms with van der Waals surface area (Å²) in [6.45, 7) is 0. The molecule has 0 bridgehead atoms. The van der Waals surface area contributed by atoms with Crippen LogP contribution in [0.3, 0.4) is 0 Å². The molecule has 80 valence electrons. The van der Waals surface area contributed by atoms with Gasteiger partial charge in [0.2, 0.25) is 0 Å². The molecule has 0 radical (unpaired) electrons. The zero-order valence-corrected chi connectivity index (χ0v) is 10.3. The van der Waals surface area contributed by atoms with Gasteiger partial charge in [0.25, 0.3) is 0 Å². The Hall–Kier alpha value is -0.630. The summed E-state index contributed by atoms with van der Waals surface area (Å²) in [4.78, 5) is 11.7. The first kappa shape index (κ1) is 10.9. The first-order valence-corrected chi connectivity index (χ1v) is 6.32. The first-order valence-electron chi connectivity index (χ1n) is 5.53. The van der Waals surface area contributed by atoms with Crippen molar-refractivity contribution in [3.05, 3.63) is 34.3 Å². The van der Waals surface area contributed by atoms with E-state index in [4.69, 9.17) is 0 Å². The van der Waals surface area contributed by atoms with Gasteiger partial charge in [-0.15, -0.1) is 0 Å². The molecule has 15 heavy (non-hydrogen) atoms. The second kappa shape index (κ2) is 4.93. The highest BCUT2D eigenvalue weighted by atomic mass is 79.9. The molecule has 2 heteroatoms. The Morgan fingerprint density at radius 3 is 2.60 bits per heavy atom. The van der Waals surface area contributed by atoms with E-state index in [2.05, 4.69) is 28.1 Å². The van der Waals surface area contributed by atoms with Crippen LogP contribution in [0, 0.1) is 5.92 Å². The lowest BCUT2D eigenvalue weighted by Crippen LogP contribution is -2.20. The summed E-state index contributed by atoms with van der Waals surface area (Å²) in [6.07, 6.45) is 5.10. The van der Waals surface area contributed by atoms with Gasteiger partial charge in [-0.3, -0.25) is 4.79 Å². The third kappa shape index (κ3) is 2.91. The number of ketones is 1. The fourth-order valence-electron chi connectivity index (χ4n) is 2.18. The SMILES string of the molecule is O=C1CCCC[C@H]1Cc1ccc(Br)cc1. The minimum Gasteiger partial charge on any atom is -0.299 e. The van der Waals surface area contributed by atoms with Crippen LogP contribution < -0.4 is 0 Å². The van der Waals surface area contributed by atoms with Gasteiger partial charge < -0.3 is 0 Å². The lowest BCUT2D eigenvalue weighted by Gasteiger charge is -2.20. The smallest absolute Gasteiger partial charge is 0.136 e. The number of hydrogen-bond donors (Lipinski definition) is 0. The molecule has 1 aliphatic carbocycles. The second-order valence-corrected chi connectivity index (χ2v) is 5.16. The fraction of sp³-hybridized carbons (Fsp3) is 0.462. The Bertz CT molecular complexity index is 342. The molecule has 0 saturated heterocycles. The molecule has 1 aromatic carbocycles. The number of carbonyl (C=O) groups is 1. The summed E-state index contributed by atoms with van der Waals surface area (Å²) in [7, 11) is 0. The summed E-state index contributed by atoms with van der Waals surface area (Å²) >= 11 is 3.42. The molecule has 1 aromatic rings. The highest BCUT2D eigenvalue weighted by Crippen LogP contribution is 2.24. The number of carbonyl (C=O) groups excluding carboxylic acids is 1. The van der Waals surface area contributed by atoms with Crippen LogP contribution in [0.4, 0.5) is 0 Å². The summed E-state index contributed by atoms with van der Waals surface area (Å²) in [5, 5.41) is 0. The number of hydrogen-bond acceptors (Lipinski definition) is 1. The van der Waals surface area contributed by atoms with Crippen molar-refractivity contribution in [3.63, 3.8) is 0 Å². The molecule has 0 heterocycles. The third-order valence-electron chi connectivity index (χ3n) is 3.08. The lowest BCUT2D eigenvalue weighted by molar-refractivity contribution is -0.124. The normalized spacial score (nSPS) is 21.7. The van der Waals surface area contributed by atoms with Crippen LogP contribution in [0.5, 0.6) is 0 Å². The molecule has 1 fully saturated rings. The van der Waals surface area contributed by atoms with Gasteiger partial charge in [-0.25, -0.2) is 0 Å². The van der Waals surface area contributed by atoms with Crippen molar-refractivity contribution in [2.24, 2.45) is 5.92 Å². The van der Waals surface area contributed by atoms with Gasteiger partial charge in [0, 0.05) is 16.8 Å². The number of benzene rings is 1. The van der Waals surface area contributed by atoms with E-state index in [1.165, 1.54) is 12.0 Å². The molecule has 0 aromatic heterocycles. The Morgan fingerprint density at radius 2 is 1.93 bits per heavy atom. The van der Waals surface area contributed by atoms with Crippen molar-refractivity contribution >= 4 is 21.7 Å². The molecule has 1 nitrogen and oxygen atoms in total. The molecule has 1 saturated carbocycles. The number of rotatable bonds is 2. The molecule has 1 atom stereocenters. The van der Waals surface area contributed by atoms with Gasteiger partial charge in [-0.2, -0.15) is 0 Å². The van der Waals surface area contributed by atoms with Gasteiger partial charge in [0.1, 0.15) is 5.78 Å². The predicted octanol–water partition coefficient (Wildman–Crippen LogP) is 3.75. The number of halogens is 1. The average Bonchev–Trinajstić information content (AvgIpc) is 2.25. The molecular formula is C13H15BrO. The molecule has 1 aliphatic rings. The summed E-state index contributed by atoms with van der Waals surface area (Å²) < 4.78 is 1.10. The van der Waals surface area contributed by atoms with Gasteiger partial charge in [0.05, 0.1) is 0 Å². The highest BCUT2D eigenvalue weighted by Gasteiger charge is 2.21. The molecule has 0 spiro atoms. The lowest BCUT2D eigenvalue weighted by atomic mass is 9.84. The molecule has 0 N–H and O–H groups in total. The van der Waals surface area contributed by atoms with E-state index in [0.717, 1.165) is 30.2 Å². The van der Waals surface area contributed by atoms with Gasteiger partial charge in [-0.1, -0.05) is 34.5 Å². The minimum atomic E-state index is 0.278. The van der Waals surface area contributed by atoms with Crippen molar-refractivity contribution < 1.29 is 4.79 Å². The van der Waals surface area contributed by atoms with E-state index in [9.17, 15) is 4.79 Å². The number of Topliss-reactive ketones (excluding diaryl/α,β-unsaturated/α-hetero) is 1. The van der Waals surface area contributed by atoms with Crippen molar-refractivity contribution in [2.75, 3.05) is 0 Å². The van der Waals surface area contributed by atoms with Gasteiger partial charge in [0.15, 0.2) is 0 Å². The van der Waals surface area contributed by atoms with Crippen LogP contribution in [0.1, 0.15) is 31.2 Å². The van der Waals surface area contributed by atoms with Crippen LogP contribution in [0.2, 0.25) is 0 Å². The van der Waals surface area contributed by atoms with Crippen LogP contribution >= 0.6 is 15.9 Å². The second-order valence-electron chi connectivity index (χ2n) is 4.24. The van der Waals surface area contributed by atoms with Crippen molar-refractivity contribution in [1.82, 2.24) is 0 Å². The molecule has 0 amide bonds. The first-order chi connectivity index (χ1) is 7.25. The van der Waals surface area contributed by atoms with Crippen LogP contribution in [-0.4, -0.2) is 5.78 Å². The van der Waals surface area contributed by atoms with Crippen molar-refractivity contribution in [1.29, 1.82) is 0 Å². The zero-order valence-electron chi connectivity index (χ0n) is 8.71. The van der Waals surface area contributed by atoms with E-state index in [-0.39, 0.29) is 5.92 Å². The van der Waals surface area contributed by atoms with Crippen LogP contribution in [-0.2, 0) is 11.2 Å². The Morgan fingerprint density at radius 1 is 1.20 bits per heavy atom. The Balaban J connectivity index is 2.01. The molecule has 0 unspecified atom stereocenters. The standard InChI is InChI=1S/C13H15BrO/c14-12-7-5-10(6-8-12)9-11-3-1-2-4-13(11)15/h5-8,11H,1-4,9H2/t11-/m0/s1. The topological polar surface area (TPSA) is 17.1 Å². The van der Waals surface area contributed by atoms with Crippen LogP contribution in [0.25, 0.3) is 0 Å². The maximum atomic E-state index is 11.7. The molecule has 2 rings (SSSR count). The predicted molar refractivity (Wildman–Crippen MR) is 64.8 cm³/mol. The third-order valence-corrected chi connectivity index (χ3v) is 3.61. The summed E-state index contributed by atoms with van der Waals surface area (Å²) in [5.41, 5.74) is 1.28. The average molecular weight is 267 g/mol. The van der Waals surface area contributed by atoms with E-state index >= 15 is 0 Å². The maximum absolute atomic E-state index is 11.7. The van der Waals surface area contributed by atoms with E-state index in [1.54, 1.807) is 0 Å². The maximum Gasteiger partial charge on any atom is 0.136 e. The minimum absolute atomic E-state index is 0.278. The quantitative estimate of drug-likeness (QED) is 0.797. The fourth-order valence-corrected chi connectivity index (χ4v) is 2.44. The monoisotopic (exact) mass is 266 g/mol. The molecular weight excluding hydrogens is 252 g/mol. The largest absolute Gasteiger partial charge is 0.299 e. The van der Waals surface area contributed by atoms with E-state index in [1.807, 2.05) is 12.1 Å². The Kier molecular flexibility index (Phi) is 3.57. The van der Waals surface area contributed by atoms with Gasteiger partial charge in [-0.05, 0) is 37.0 Å².